The summed E-state index contributed by atoms with van der Waals surface area (Å²) in [5, 5.41) is 0. The number of carbonyl (C=O) groups excluding carboxylic acids is 2. The molecule has 22 heavy (non-hydrogen) atoms. The number of rotatable bonds is 2. The number of thiophene rings is 1. The minimum absolute atomic E-state index is 0.00139. The smallest absolute Gasteiger partial charge is 0.289 e. The van der Waals surface area contributed by atoms with Gasteiger partial charge in [0.05, 0.1) is 14.9 Å². The quantitative estimate of drug-likeness (QED) is 0.708. The maximum atomic E-state index is 12.4. The van der Waals surface area contributed by atoms with Crippen LogP contribution in [0.5, 0.6) is 0 Å². The topological polar surface area (TPSA) is 53.8 Å². The molecule has 0 aromatic carbocycles. The van der Waals surface area contributed by atoms with Gasteiger partial charge >= 0.3 is 0 Å². The van der Waals surface area contributed by atoms with Crippen LogP contribution < -0.4 is 0 Å². The molecule has 116 valence electrons. The molecule has 2 aromatic rings. The second-order valence-corrected chi connectivity index (χ2v) is 8.02. The summed E-state index contributed by atoms with van der Waals surface area (Å²) in [5.74, 6) is 0.214. The first-order chi connectivity index (χ1) is 10.6. The number of furan rings is 1. The summed E-state index contributed by atoms with van der Waals surface area (Å²) in [7, 11) is 0. The summed E-state index contributed by atoms with van der Waals surface area (Å²) < 4.78 is 6.91. The van der Waals surface area contributed by atoms with Gasteiger partial charge in [-0.3, -0.25) is 9.59 Å². The van der Waals surface area contributed by atoms with Crippen molar-refractivity contribution in [3.05, 3.63) is 43.4 Å². The van der Waals surface area contributed by atoms with Gasteiger partial charge in [0, 0.05) is 30.7 Å². The van der Waals surface area contributed by atoms with Crippen LogP contribution in [0.1, 0.15) is 20.2 Å². The van der Waals surface area contributed by atoms with Crippen molar-refractivity contribution in [3.8, 4) is 0 Å². The van der Waals surface area contributed by atoms with Gasteiger partial charge in [-0.2, -0.15) is 0 Å². The zero-order valence-corrected chi connectivity index (χ0v) is 15.4. The minimum atomic E-state index is -0.126. The van der Waals surface area contributed by atoms with E-state index < -0.39 is 0 Å². The molecule has 0 saturated carbocycles. The van der Waals surface area contributed by atoms with Crippen LogP contribution in [-0.4, -0.2) is 47.8 Å². The number of hydrogen-bond acceptors (Lipinski definition) is 4. The Hall–Kier alpha value is -1.12. The van der Waals surface area contributed by atoms with Gasteiger partial charge in [-0.15, -0.1) is 11.3 Å². The predicted molar refractivity (Wildman–Crippen MR) is 90.2 cm³/mol. The third-order valence-corrected chi connectivity index (χ3v) is 6.69. The van der Waals surface area contributed by atoms with Crippen LogP contribution in [0.25, 0.3) is 0 Å². The zero-order chi connectivity index (χ0) is 15.7. The highest BCUT2D eigenvalue weighted by Crippen LogP contribution is 2.33. The van der Waals surface area contributed by atoms with Gasteiger partial charge in [-0.05, 0) is 50.1 Å². The van der Waals surface area contributed by atoms with Crippen molar-refractivity contribution in [2.24, 2.45) is 0 Å². The summed E-state index contributed by atoms with van der Waals surface area (Å²) in [6.07, 6.45) is 1.49. The van der Waals surface area contributed by atoms with E-state index in [1.54, 1.807) is 21.9 Å². The lowest BCUT2D eigenvalue weighted by atomic mass is 10.2. The monoisotopic (exact) mass is 446 g/mol. The molecule has 0 unspecified atom stereocenters. The highest BCUT2D eigenvalue weighted by Gasteiger charge is 2.27. The van der Waals surface area contributed by atoms with Gasteiger partial charge in [0.2, 0.25) is 0 Å². The molecule has 0 aliphatic carbocycles. The summed E-state index contributed by atoms with van der Waals surface area (Å²) >= 11 is 8.19. The number of carbonyl (C=O) groups is 2. The van der Waals surface area contributed by atoms with Crippen LogP contribution in [0.4, 0.5) is 0 Å². The molecule has 1 fully saturated rings. The lowest BCUT2D eigenvalue weighted by Crippen LogP contribution is -2.50. The van der Waals surface area contributed by atoms with Gasteiger partial charge < -0.3 is 14.2 Å². The highest BCUT2D eigenvalue weighted by atomic mass is 79.9. The molecule has 0 N–H and O–H groups in total. The lowest BCUT2D eigenvalue weighted by molar-refractivity contribution is 0.0520. The molecular formula is C14H12Br2N2O3S. The first-order valence-electron chi connectivity index (χ1n) is 6.63. The summed E-state index contributed by atoms with van der Waals surface area (Å²) in [6.45, 7) is 2.08. The average molecular weight is 448 g/mol. The van der Waals surface area contributed by atoms with Crippen molar-refractivity contribution >= 4 is 55.0 Å². The molecule has 1 aliphatic heterocycles. The second-order valence-electron chi connectivity index (χ2n) is 4.79. The Morgan fingerprint density at radius 3 is 2.23 bits per heavy atom. The SMILES string of the molecule is O=C(c1ccco1)N1CCN(C(=O)c2cc(Br)c(Br)s2)CC1. The first-order valence-corrected chi connectivity index (χ1v) is 9.03. The molecule has 5 nitrogen and oxygen atoms in total. The predicted octanol–water partition coefficient (Wildman–Crippen LogP) is 3.46. The van der Waals surface area contributed by atoms with Crippen LogP contribution in [0.2, 0.25) is 0 Å². The number of nitrogens with zero attached hydrogens (tertiary/aromatic N) is 2. The molecule has 1 aliphatic rings. The first kappa shape index (κ1) is 15.8. The molecule has 0 atom stereocenters. The van der Waals surface area contributed by atoms with Crippen molar-refractivity contribution in [2.75, 3.05) is 26.2 Å². The normalized spacial score (nSPS) is 15.2. The van der Waals surface area contributed by atoms with Crippen molar-refractivity contribution in [1.29, 1.82) is 0 Å². The van der Waals surface area contributed by atoms with Crippen molar-refractivity contribution in [2.45, 2.75) is 0 Å². The molecule has 3 rings (SSSR count). The summed E-state index contributed by atoms with van der Waals surface area (Å²) in [4.78, 5) is 28.8. The Kier molecular flexibility index (Phi) is 4.70. The van der Waals surface area contributed by atoms with Gasteiger partial charge in [0.25, 0.3) is 11.8 Å². The van der Waals surface area contributed by atoms with E-state index in [-0.39, 0.29) is 11.8 Å². The number of hydrogen-bond donors (Lipinski definition) is 0. The number of halogens is 2. The molecule has 1 saturated heterocycles. The molecule has 0 spiro atoms. The van der Waals surface area contributed by atoms with Gasteiger partial charge in [0.1, 0.15) is 0 Å². The Bertz CT molecular complexity index is 672. The molecule has 2 aromatic heterocycles. The third-order valence-electron chi connectivity index (χ3n) is 3.44. The highest BCUT2D eigenvalue weighted by molar-refractivity contribution is 9.13. The van der Waals surface area contributed by atoms with Crippen LogP contribution in [-0.2, 0) is 0 Å². The van der Waals surface area contributed by atoms with Crippen molar-refractivity contribution in [1.82, 2.24) is 9.80 Å². The second kappa shape index (κ2) is 6.55. The van der Waals surface area contributed by atoms with E-state index in [2.05, 4.69) is 31.9 Å². The third kappa shape index (κ3) is 3.13. The van der Waals surface area contributed by atoms with E-state index in [0.717, 1.165) is 8.26 Å². The van der Waals surface area contributed by atoms with Gasteiger partial charge in [0.15, 0.2) is 5.76 Å². The molecule has 8 heteroatoms. The van der Waals surface area contributed by atoms with Gasteiger partial charge in [-0.1, -0.05) is 0 Å². The lowest BCUT2D eigenvalue weighted by Gasteiger charge is -2.34. The van der Waals surface area contributed by atoms with Crippen LogP contribution >= 0.6 is 43.2 Å². The average Bonchev–Trinajstić information content (AvgIpc) is 3.17. The maximum absolute atomic E-state index is 12.4. The van der Waals surface area contributed by atoms with E-state index in [9.17, 15) is 9.59 Å². The number of amides is 2. The molecule has 3 heterocycles. The summed E-state index contributed by atoms with van der Waals surface area (Å²) in [6, 6.07) is 5.16. The van der Waals surface area contributed by atoms with Crippen molar-refractivity contribution in [3.63, 3.8) is 0 Å². The van der Waals surface area contributed by atoms with Crippen molar-refractivity contribution < 1.29 is 14.0 Å². The Balaban J connectivity index is 1.62. The van der Waals surface area contributed by atoms with Crippen LogP contribution in [0.3, 0.4) is 0 Å². The summed E-state index contributed by atoms with van der Waals surface area (Å²) in [5.41, 5.74) is 0. The fourth-order valence-corrected chi connectivity index (χ4v) is 4.28. The Labute approximate surface area is 148 Å². The fraction of sp³-hybridized carbons (Fsp3) is 0.286. The minimum Gasteiger partial charge on any atom is -0.459 e. The van der Waals surface area contributed by atoms with E-state index in [1.807, 2.05) is 6.07 Å². The van der Waals surface area contributed by atoms with E-state index >= 15 is 0 Å². The molecular weight excluding hydrogens is 436 g/mol. The molecule has 2 amide bonds. The van der Waals surface area contributed by atoms with Crippen LogP contribution in [0, 0.1) is 0 Å². The zero-order valence-electron chi connectivity index (χ0n) is 11.4. The Morgan fingerprint density at radius 1 is 1.09 bits per heavy atom. The largest absolute Gasteiger partial charge is 0.459 e. The fourth-order valence-electron chi connectivity index (χ4n) is 2.28. The number of piperazine rings is 1. The maximum Gasteiger partial charge on any atom is 0.289 e. The Morgan fingerprint density at radius 2 is 1.73 bits per heavy atom. The van der Waals surface area contributed by atoms with Crippen LogP contribution in [0.15, 0.2) is 37.1 Å². The van der Waals surface area contributed by atoms with E-state index in [0.29, 0.717) is 36.8 Å². The molecule has 0 bridgehead atoms. The van der Waals surface area contributed by atoms with Gasteiger partial charge in [-0.25, -0.2) is 0 Å². The molecule has 0 radical (unpaired) electrons. The van der Waals surface area contributed by atoms with E-state index in [1.165, 1.54) is 17.6 Å². The standard InChI is InChI=1S/C14H12Br2N2O3S/c15-9-8-11(22-12(9)16)14(20)18-5-3-17(4-6-18)13(19)10-2-1-7-21-10/h1-2,7-8H,3-6H2. The van der Waals surface area contributed by atoms with E-state index in [4.69, 9.17) is 4.42 Å².